The molecule has 2 aliphatic heterocycles. The van der Waals surface area contributed by atoms with E-state index in [-0.39, 0.29) is 0 Å². The first-order valence-electron chi connectivity index (χ1n) is 9.33. The minimum absolute atomic E-state index is 0.337. The summed E-state index contributed by atoms with van der Waals surface area (Å²) in [5.74, 6) is 0.904. The van der Waals surface area contributed by atoms with Gasteiger partial charge in [-0.25, -0.2) is 0 Å². The average molecular weight is 310 g/mol. The monoisotopic (exact) mass is 309 g/mol. The molecule has 1 atom stereocenters. The van der Waals surface area contributed by atoms with Crippen LogP contribution in [0.3, 0.4) is 0 Å². The van der Waals surface area contributed by atoms with Crippen LogP contribution >= 0.6 is 0 Å². The summed E-state index contributed by atoms with van der Waals surface area (Å²) in [6.07, 6.45) is 2.73. The fourth-order valence-corrected chi connectivity index (χ4v) is 3.72. The lowest BCUT2D eigenvalue weighted by Crippen LogP contribution is -2.54. The Labute approximate surface area is 139 Å². The Hall–Kier alpha value is -0.120. The molecule has 0 aromatic rings. The van der Waals surface area contributed by atoms with Crippen LogP contribution in [0, 0.1) is 11.3 Å². The molecule has 2 saturated heterocycles. The van der Waals surface area contributed by atoms with Crippen molar-refractivity contribution in [1.82, 2.24) is 14.7 Å². The van der Waals surface area contributed by atoms with Gasteiger partial charge in [-0.05, 0) is 58.0 Å². The number of hydrogen-bond donors (Lipinski definition) is 0. The Balaban J connectivity index is 1.67. The Morgan fingerprint density at radius 3 is 2.00 bits per heavy atom. The quantitative estimate of drug-likeness (QED) is 0.790. The number of hydrogen-bond acceptors (Lipinski definition) is 3. The highest BCUT2D eigenvalue weighted by atomic mass is 15.3. The topological polar surface area (TPSA) is 9.72 Å². The molecule has 0 N–H and O–H groups in total. The van der Waals surface area contributed by atoms with Crippen LogP contribution in [0.4, 0.5) is 0 Å². The molecule has 2 heterocycles. The summed E-state index contributed by atoms with van der Waals surface area (Å²) in [4.78, 5) is 8.04. The van der Waals surface area contributed by atoms with Crippen molar-refractivity contribution in [1.29, 1.82) is 0 Å². The van der Waals surface area contributed by atoms with Crippen LogP contribution in [0.25, 0.3) is 0 Å². The Bertz CT molecular complexity index is 332. The zero-order valence-corrected chi connectivity index (χ0v) is 16.0. The molecule has 0 aromatic heterocycles. The van der Waals surface area contributed by atoms with Crippen molar-refractivity contribution in [2.45, 2.75) is 59.9 Å². The molecule has 0 saturated carbocycles. The zero-order chi connectivity index (χ0) is 16.4. The standard InChI is InChI=1S/C19H39N3/c1-18(2,3)8-10-20-9-7-17(15-20)16-21-11-13-22(14-12-21)19(4,5)6/h17H,7-16H2,1-6H3. The highest BCUT2D eigenvalue weighted by molar-refractivity contribution is 4.85. The first kappa shape index (κ1) is 18.2. The van der Waals surface area contributed by atoms with Crippen molar-refractivity contribution in [3.63, 3.8) is 0 Å². The van der Waals surface area contributed by atoms with Crippen LogP contribution in [0.5, 0.6) is 0 Å². The molecule has 0 radical (unpaired) electrons. The van der Waals surface area contributed by atoms with Gasteiger partial charge in [0.2, 0.25) is 0 Å². The van der Waals surface area contributed by atoms with Gasteiger partial charge >= 0.3 is 0 Å². The van der Waals surface area contributed by atoms with Crippen molar-refractivity contribution in [2.75, 3.05) is 52.4 Å². The van der Waals surface area contributed by atoms with Crippen LogP contribution < -0.4 is 0 Å². The molecule has 3 nitrogen and oxygen atoms in total. The van der Waals surface area contributed by atoms with Crippen LogP contribution in [0.2, 0.25) is 0 Å². The van der Waals surface area contributed by atoms with Crippen molar-refractivity contribution in [3.8, 4) is 0 Å². The van der Waals surface area contributed by atoms with E-state index in [0.29, 0.717) is 11.0 Å². The summed E-state index contributed by atoms with van der Waals surface area (Å²) < 4.78 is 0. The highest BCUT2D eigenvalue weighted by Gasteiger charge is 2.29. The molecule has 130 valence electrons. The molecule has 0 amide bonds. The number of piperazine rings is 1. The minimum atomic E-state index is 0.337. The predicted octanol–water partition coefficient (Wildman–Crippen LogP) is 3.16. The maximum absolute atomic E-state index is 2.71. The Morgan fingerprint density at radius 2 is 1.45 bits per heavy atom. The largest absolute Gasteiger partial charge is 0.303 e. The van der Waals surface area contributed by atoms with E-state index in [1.165, 1.54) is 65.2 Å². The summed E-state index contributed by atoms with van der Waals surface area (Å²) in [5.41, 5.74) is 0.810. The molecule has 1 unspecified atom stereocenters. The van der Waals surface area contributed by atoms with Gasteiger partial charge in [-0.15, -0.1) is 0 Å². The zero-order valence-electron chi connectivity index (χ0n) is 16.0. The molecule has 3 heteroatoms. The third kappa shape index (κ3) is 5.82. The van der Waals surface area contributed by atoms with Gasteiger partial charge in [-0.3, -0.25) is 4.90 Å². The molecular weight excluding hydrogens is 270 g/mol. The molecular formula is C19H39N3. The Kier molecular flexibility index (Phi) is 5.95. The first-order chi connectivity index (χ1) is 10.1. The molecule has 0 spiro atoms. The second-order valence-electron chi connectivity index (χ2n) is 9.72. The minimum Gasteiger partial charge on any atom is -0.303 e. The van der Waals surface area contributed by atoms with Gasteiger partial charge < -0.3 is 9.80 Å². The summed E-state index contributed by atoms with van der Waals surface area (Å²) in [5, 5.41) is 0. The number of nitrogens with zero attached hydrogens (tertiary/aromatic N) is 3. The molecule has 0 aromatic carbocycles. The maximum atomic E-state index is 2.71. The van der Waals surface area contributed by atoms with E-state index in [2.05, 4.69) is 56.2 Å². The lowest BCUT2D eigenvalue weighted by molar-refractivity contribution is 0.0557. The van der Waals surface area contributed by atoms with Gasteiger partial charge in [0.25, 0.3) is 0 Å². The van der Waals surface area contributed by atoms with Crippen molar-refractivity contribution in [2.24, 2.45) is 11.3 Å². The van der Waals surface area contributed by atoms with Gasteiger partial charge in [0.15, 0.2) is 0 Å². The lowest BCUT2D eigenvalue weighted by Gasteiger charge is -2.42. The normalized spacial score (nSPS) is 26.7. The average Bonchev–Trinajstić information content (AvgIpc) is 2.83. The van der Waals surface area contributed by atoms with E-state index >= 15 is 0 Å². The SMILES string of the molecule is CC(C)(C)CCN1CCC(CN2CCN(C(C)(C)C)CC2)C1. The highest BCUT2D eigenvalue weighted by Crippen LogP contribution is 2.24. The summed E-state index contributed by atoms with van der Waals surface area (Å²) in [6, 6.07) is 0. The van der Waals surface area contributed by atoms with E-state index in [1.807, 2.05) is 0 Å². The van der Waals surface area contributed by atoms with Crippen molar-refractivity contribution >= 4 is 0 Å². The lowest BCUT2D eigenvalue weighted by atomic mass is 9.92. The van der Waals surface area contributed by atoms with E-state index in [1.54, 1.807) is 0 Å². The third-order valence-corrected chi connectivity index (χ3v) is 5.39. The van der Waals surface area contributed by atoms with Gasteiger partial charge in [-0.1, -0.05) is 20.8 Å². The summed E-state index contributed by atoms with van der Waals surface area (Å²) in [6.45, 7) is 24.4. The second-order valence-corrected chi connectivity index (χ2v) is 9.72. The van der Waals surface area contributed by atoms with Crippen LogP contribution in [-0.4, -0.2) is 72.6 Å². The fourth-order valence-electron chi connectivity index (χ4n) is 3.72. The maximum Gasteiger partial charge on any atom is 0.0126 e. The van der Waals surface area contributed by atoms with Crippen LogP contribution in [0.1, 0.15) is 54.4 Å². The van der Waals surface area contributed by atoms with Gasteiger partial charge in [0.05, 0.1) is 0 Å². The number of likely N-dealkylation sites (tertiary alicyclic amines) is 1. The second kappa shape index (κ2) is 7.19. The Morgan fingerprint density at radius 1 is 0.818 bits per heavy atom. The fraction of sp³-hybridized carbons (Fsp3) is 1.00. The molecule has 0 aliphatic carbocycles. The van der Waals surface area contributed by atoms with E-state index in [4.69, 9.17) is 0 Å². The van der Waals surface area contributed by atoms with Crippen molar-refractivity contribution in [3.05, 3.63) is 0 Å². The van der Waals surface area contributed by atoms with E-state index in [9.17, 15) is 0 Å². The third-order valence-electron chi connectivity index (χ3n) is 5.39. The van der Waals surface area contributed by atoms with E-state index in [0.717, 1.165) is 5.92 Å². The summed E-state index contributed by atoms with van der Waals surface area (Å²) >= 11 is 0. The molecule has 2 fully saturated rings. The number of rotatable bonds is 4. The molecule has 2 rings (SSSR count). The van der Waals surface area contributed by atoms with Crippen LogP contribution in [-0.2, 0) is 0 Å². The molecule has 22 heavy (non-hydrogen) atoms. The molecule has 0 bridgehead atoms. The predicted molar refractivity (Wildman–Crippen MR) is 96.4 cm³/mol. The van der Waals surface area contributed by atoms with E-state index < -0.39 is 0 Å². The van der Waals surface area contributed by atoms with Crippen molar-refractivity contribution < 1.29 is 0 Å². The molecule has 2 aliphatic rings. The summed E-state index contributed by atoms with van der Waals surface area (Å²) in [7, 11) is 0. The smallest absolute Gasteiger partial charge is 0.0126 e. The van der Waals surface area contributed by atoms with Gasteiger partial charge in [-0.2, -0.15) is 0 Å². The van der Waals surface area contributed by atoms with Gasteiger partial charge in [0, 0.05) is 44.8 Å². The van der Waals surface area contributed by atoms with Crippen LogP contribution in [0.15, 0.2) is 0 Å². The first-order valence-corrected chi connectivity index (χ1v) is 9.33. The van der Waals surface area contributed by atoms with Gasteiger partial charge in [0.1, 0.15) is 0 Å².